The first-order chi connectivity index (χ1) is 7.83. The van der Waals surface area contributed by atoms with Gasteiger partial charge in [0, 0.05) is 19.5 Å². The molecule has 0 aliphatic rings. The standard InChI is InChI=1S/C10H23N3O3S/c1-4-13(6-5-10(11)12-14)7-8-17(15,16)9(2)3/h9,14H,4-8H2,1-3H3,(H2,11,12). The van der Waals surface area contributed by atoms with E-state index >= 15 is 0 Å². The Balaban J connectivity index is 4.16. The molecule has 0 aliphatic heterocycles. The third kappa shape index (κ3) is 6.48. The van der Waals surface area contributed by atoms with E-state index < -0.39 is 9.84 Å². The van der Waals surface area contributed by atoms with Gasteiger partial charge >= 0.3 is 0 Å². The van der Waals surface area contributed by atoms with Crippen molar-refractivity contribution in [2.24, 2.45) is 10.9 Å². The van der Waals surface area contributed by atoms with Crippen molar-refractivity contribution in [3.8, 4) is 0 Å². The molecular weight excluding hydrogens is 242 g/mol. The average molecular weight is 265 g/mol. The third-order valence-electron chi connectivity index (χ3n) is 2.67. The molecule has 0 aliphatic carbocycles. The summed E-state index contributed by atoms with van der Waals surface area (Å²) in [6.45, 7) is 7.14. The molecule has 6 nitrogen and oxygen atoms in total. The van der Waals surface area contributed by atoms with Crippen molar-refractivity contribution in [1.82, 2.24) is 4.90 Å². The van der Waals surface area contributed by atoms with Crippen LogP contribution in [0.3, 0.4) is 0 Å². The molecule has 0 aromatic rings. The number of nitrogens with zero attached hydrogens (tertiary/aromatic N) is 2. The van der Waals surface area contributed by atoms with Gasteiger partial charge in [-0.3, -0.25) is 0 Å². The van der Waals surface area contributed by atoms with Crippen LogP contribution >= 0.6 is 0 Å². The number of sulfone groups is 1. The van der Waals surface area contributed by atoms with E-state index in [9.17, 15) is 8.42 Å². The summed E-state index contributed by atoms with van der Waals surface area (Å²) in [5.41, 5.74) is 5.36. The first-order valence-electron chi connectivity index (χ1n) is 5.73. The lowest BCUT2D eigenvalue weighted by Crippen LogP contribution is -2.34. The molecule has 0 bridgehead atoms. The molecule has 0 fully saturated rings. The first kappa shape index (κ1) is 16.2. The summed E-state index contributed by atoms with van der Waals surface area (Å²) in [4.78, 5) is 1.97. The fourth-order valence-electron chi connectivity index (χ4n) is 1.24. The van der Waals surface area contributed by atoms with Gasteiger partial charge in [0.15, 0.2) is 9.84 Å². The molecule has 0 saturated carbocycles. The van der Waals surface area contributed by atoms with Gasteiger partial charge < -0.3 is 15.8 Å². The SMILES string of the molecule is CCN(CCC(N)=NO)CCS(=O)(=O)C(C)C. The Morgan fingerprint density at radius 2 is 2.00 bits per heavy atom. The Bertz CT molecular complexity index is 339. The lowest BCUT2D eigenvalue weighted by molar-refractivity contribution is 0.301. The molecule has 102 valence electrons. The number of rotatable bonds is 8. The molecule has 0 spiro atoms. The fraction of sp³-hybridized carbons (Fsp3) is 0.900. The lowest BCUT2D eigenvalue weighted by atomic mass is 10.3. The van der Waals surface area contributed by atoms with Crippen LogP contribution in [0.15, 0.2) is 5.16 Å². The zero-order chi connectivity index (χ0) is 13.5. The van der Waals surface area contributed by atoms with Gasteiger partial charge in [0.1, 0.15) is 5.84 Å². The molecule has 3 N–H and O–H groups in total. The van der Waals surface area contributed by atoms with Crippen LogP contribution in [0.1, 0.15) is 27.2 Å². The minimum Gasteiger partial charge on any atom is -0.409 e. The van der Waals surface area contributed by atoms with Crippen LogP contribution in [-0.4, -0.2) is 55.0 Å². The van der Waals surface area contributed by atoms with E-state index in [0.29, 0.717) is 19.5 Å². The van der Waals surface area contributed by atoms with Gasteiger partial charge in [0.25, 0.3) is 0 Å². The summed E-state index contributed by atoms with van der Waals surface area (Å²) in [6, 6.07) is 0. The summed E-state index contributed by atoms with van der Waals surface area (Å²) in [5.74, 6) is 0.310. The molecule has 0 rings (SSSR count). The zero-order valence-electron chi connectivity index (χ0n) is 10.8. The molecule has 0 radical (unpaired) electrons. The van der Waals surface area contributed by atoms with Crippen LogP contribution in [0.5, 0.6) is 0 Å². The molecule has 0 unspecified atom stereocenters. The highest BCUT2D eigenvalue weighted by Crippen LogP contribution is 2.02. The van der Waals surface area contributed by atoms with E-state index in [1.54, 1.807) is 13.8 Å². The Morgan fingerprint density at radius 3 is 2.41 bits per heavy atom. The summed E-state index contributed by atoms with van der Waals surface area (Å²) >= 11 is 0. The minimum atomic E-state index is -3.00. The molecular formula is C10H23N3O3S. The van der Waals surface area contributed by atoms with Gasteiger partial charge in [0.05, 0.1) is 11.0 Å². The number of hydrogen-bond donors (Lipinski definition) is 2. The van der Waals surface area contributed by atoms with Crippen molar-refractivity contribution in [3.63, 3.8) is 0 Å². The number of amidine groups is 1. The molecule has 0 amide bonds. The van der Waals surface area contributed by atoms with Gasteiger partial charge in [0.2, 0.25) is 0 Å². The second kappa shape index (κ2) is 7.50. The second-order valence-corrected chi connectivity index (χ2v) is 6.87. The predicted octanol–water partition coefficient (Wildman–Crippen LogP) is 0.268. The van der Waals surface area contributed by atoms with Crippen molar-refractivity contribution < 1.29 is 13.6 Å². The average Bonchev–Trinajstić information content (AvgIpc) is 2.28. The predicted molar refractivity (Wildman–Crippen MR) is 69.1 cm³/mol. The van der Waals surface area contributed by atoms with Crippen molar-refractivity contribution in [2.45, 2.75) is 32.4 Å². The normalized spacial score (nSPS) is 13.6. The quantitative estimate of drug-likeness (QED) is 0.284. The van der Waals surface area contributed by atoms with Crippen LogP contribution in [0.4, 0.5) is 0 Å². The van der Waals surface area contributed by atoms with Crippen LogP contribution in [0.25, 0.3) is 0 Å². The third-order valence-corrected chi connectivity index (χ3v) is 4.86. The van der Waals surface area contributed by atoms with E-state index in [-0.39, 0.29) is 16.8 Å². The Morgan fingerprint density at radius 1 is 1.41 bits per heavy atom. The Kier molecular flexibility index (Phi) is 7.13. The van der Waals surface area contributed by atoms with Gasteiger partial charge in [-0.1, -0.05) is 12.1 Å². The first-order valence-corrected chi connectivity index (χ1v) is 7.45. The lowest BCUT2D eigenvalue weighted by Gasteiger charge is -2.20. The van der Waals surface area contributed by atoms with Gasteiger partial charge in [-0.05, 0) is 20.4 Å². The van der Waals surface area contributed by atoms with Crippen LogP contribution < -0.4 is 5.73 Å². The van der Waals surface area contributed by atoms with Crippen molar-refractivity contribution in [2.75, 3.05) is 25.4 Å². The molecule has 17 heavy (non-hydrogen) atoms. The highest BCUT2D eigenvalue weighted by atomic mass is 32.2. The van der Waals surface area contributed by atoms with Gasteiger partial charge in [-0.2, -0.15) is 0 Å². The van der Waals surface area contributed by atoms with Crippen molar-refractivity contribution >= 4 is 15.7 Å². The van der Waals surface area contributed by atoms with Crippen molar-refractivity contribution in [1.29, 1.82) is 0 Å². The maximum absolute atomic E-state index is 11.6. The zero-order valence-corrected chi connectivity index (χ0v) is 11.6. The topological polar surface area (TPSA) is 96.0 Å². The van der Waals surface area contributed by atoms with E-state index in [1.165, 1.54) is 0 Å². The molecule has 0 saturated heterocycles. The Labute approximate surface area is 103 Å². The maximum atomic E-state index is 11.6. The van der Waals surface area contributed by atoms with Crippen LogP contribution in [0.2, 0.25) is 0 Å². The number of hydrogen-bond acceptors (Lipinski definition) is 5. The number of oxime groups is 1. The van der Waals surface area contributed by atoms with E-state index in [4.69, 9.17) is 10.9 Å². The molecule has 0 aromatic heterocycles. The maximum Gasteiger partial charge on any atom is 0.153 e. The highest BCUT2D eigenvalue weighted by molar-refractivity contribution is 7.92. The summed E-state index contributed by atoms with van der Waals surface area (Å²) in [7, 11) is -3.00. The largest absolute Gasteiger partial charge is 0.409 e. The smallest absolute Gasteiger partial charge is 0.153 e. The number of nitrogens with two attached hydrogens (primary N) is 1. The monoisotopic (exact) mass is 265 g/mol. The summed E-state index contributed by atoms with van der Waals surface area (Å²) < 4.78 is 23.3. The minimum absolute atomic E-state index is 0.147. The Hall–Kier alpha value is -0.820. The van der Waals surface area contributed by atoms with E-state index in [1.807, 2.05) is 11.8 Å². The van der Waals surface area contributed by atoms with E-state index in [0.717, 1.165) is 6.54 Å². The highest BCUT2D eigenvalue weighted by Gasteiger charge is 2.17. The summed E-state index contributed by atoms with van der Waals surface area (Å²) in [5, 5.41) is 10.9. The molecule has 7 heteroatoms. The second-order valence-electron chi connectivity index (χ2n) is 4.19. The molecule has 0 heterocycles. The van der Waals surface area contributed by atoms with Gasteiger partial charge in [-0.15, -0.1) is 0 Å². The van der Waals surface area contributed by atoms with Crippen LogP contribution in [-0.2, 0) is 9.84 Å². The summed E-state index contributed by atoms with van der Waals surface area (Å²) in [6.07, 6.45) is 0.437. The molecule has 0 aromatic carbocycles. The van der Waals surface area contributed by atoms with Crippen LogP contribution in [0, 0.1) is 0 Å². The van der Waals surface area contributed by atoms with Crippen molar-refractivity contribution in [3.05, 3.63) is 0 Å². The molecule has 0 atom stereocenters. The van der Waals surface area contributed by atoms with Gasteiger partial charge in [-0.25, -0.2) is 8.42 Å². The fourth-order valence-corrected chi connectivity index (χ4v) is 2.23. The van der Waals surface area contributed by atoms with E-state index in [2.05, 4.69) is 5.16 Å².